The standard InChI is InChI=1S/C21H28N2O/c1-15(2)23(16(3)4)13-14-24-22-21-12-11-19-18-8-6-5-7-17(18)9-10-20(19)21/h5-10,15-16H,11-14H2,1-4H3/b22-21+. The van der Waals surface area contributed by atoms with Crippen LogP contribution in [0.3, 0.4) is 0 Å². The van der Waals surface area contributed by atoms with Crippen molar-refractivity contribution in [1.29, 1.82) is 0 Å². The maximum absolute atomic E-state index is 5.66. The molecule has 0 saturated carbocycles. The lowest BCUT2D eigenvalue weighted by atomic mass is 10.0. The first-order valence-electron chi connectivity index (χ1n) is 9.03. The average Bonchev–Trinajstić information content (AvgIpc) is 2.97. The van der Waals surface area contributed by atoms with Gasteiger partial charge in [-0.05, 0) is 56.9 Å². The number of aryl methyl sites for hydroxylation is 1. The molecule has 24 heavy (non-hydrogen) atoms. The van der Waals surface area contributed by atoms with E-state index in [1.807, 2.05) is 0 Å². The third kappa shape index (κ3) is 3.46. The van der Waals surface area contributed by atoms with Crippen LogP contribution in [-0.4, -0.2) is 35.8 Å². The molecule has 0 amide bonds. The van der Waals surface area contributed by atoms with Gasteiger partial charge in [0.1, 0.15) is 6.61 Å². The summed E-state index contributed by atoms with van der Waals surface area (Å²) in [5.74, 6) is 0. The van der Waals surface area contributed by atoms with Crippen LogP contribution in [0, 0.1) is 0 Å². The quantitative estimate of drug-likeness (QED) is 0.572. The number of fused-ring (bicyclic) bond motifs is 3. The van der Waals surface area contributed by atoms with E-state index in [2.05, 4.69) is 74.1 Å². The summed E-state index contributed by atoms with van der Waals surface area (Å²) < 4.78 is 0. The van der Waals surface area contributed by atoms with Crippen LogP contribution in [-0.2, 0) is 11.3 Å². The molecule has 0 fully saturated rings. The molecule has 2 aromatic rings. The van der Waals surface area contributed by atoms with Crippen molar-refractivity contribution in [3.05, 3.63) is 47.5 Å². The van der Waals surface area contributed by atoms with Crippen LogP contribution in [0.2, 0.25) is 0 Å². The minimum absolute atomic E-state index is 0.528. The first-order chi connectivity index (χ1) is 11.6. The van der Waals surface area contributed by atoms with Crippen LogP contribution in [0.4, 0.5) is 0 Å². The molecule has 3 nitrogen and oxygen atoms in total. The van der Waals surface area contributed by atoms with Crippen molar-refractivity contribution in [2.24, 2.45) is 5.16 Å². The first-order valence-corrected chi connectivity index (χ1v) is 9.03. The van der Waals surface area contributed by atoms with Crippen LogP contribution in [0.5, 0.6) is 0 Å². The summed E-state index contributed by atoms with van der Waals surface area (Å²) >= 11 is 0. The molecule has 128 valence electrons. The number of hydrogen-bond acceptors (Lipinski definition) is 3. The Morgan fingerprint density at radius 2 is 1.75 bits per heavy atom. The first kappa shape index (κ1) is 17.0. The Kier molecular flexibility index (Phi) is 5.20. The second-order valence-electron chi connectivity index (χ2n) is 7.11. The Hall–Kier alpha value is -1.87. The molecule has 0 spiro atoms. The highest BCUT2D eigenvalue weighted by Crippen LogP contribution is 2.30. The third-order valence-corrected chi connectivity index (χ3v) is 4.91. The van der Waals surface area contributed by atoms with E-state index in [0.29, 0.717) is 18.7 Å². The summed E-state index contributed by atoms with van der Waals surface area (Å²) in [6, 6.07) is 14.0. The van der Waals surface area contributed by atoms with Crippen molar-refractivity contribution in [1.82, 2.24) is 4.90 Å². The molecule has 0 aliphatic heterocycles. The van der Waals surface area contributed by atoms with E-state index in [1.54, 1.807) is 0 Å². The second-order valence-corrected chi connectivity index (χ2v) is 7.11. The Labute approximate surface area is 145 Å². The number of rotatable bonds is 6. The van der Waals surface area contributed by atoms with Gasteiger partial charge in [0.2, 0.25) is 0 Å². The summed E-state index contributed by atoms with van der Waals surface area (Å²) in [6.45, 7) is 10.5. The maximum Gasteiger partial charge on any atom is 0.129 e. The summed E-state index contributed by atoms with van der Waals surface area (Å²) in [4.78, 5) is 8.09. The summed E-state index contributed by atoms with van der Waals surface area (Å²) in [5, 5.41) is 7.11. The van der Waals surface area contributed by atoms with E-state index in [1.165, 1.54) is 21.9 Å². The van der Waals surface area contributed by atoms with Crippen LogP contribution in [0.25, 0.3) is 10.8 Å². The van der Waals surface area contributed by atoms with E-state index in [9.17, 15) is 0 Å². The summed E-state index contributed by atoms with van der Waals surface area (Å²) in [6.07, 6.45) is 2.03. The number of nitrogens with zero attached hydrogens (tertiary/aromatic N) is 2. The monoisotopic (exact) mass is 324 g/mol. The van der Waals surface area contributed by atoms with Crippen molar-refractivity contribution in [2.75, 3.05) is 13.2 Å². The smallest absolute Gasteiger partial charge is 0.129 e. The van der Waals surface area contributed by atoms with Crippen LogP contribution >= 0.6 is 0 Å². The predicted molar refractivity (Wildman–Crippen MR) is 102 cm³/mol. The number of oxime groups is 1. The Balaban J connectivity index is 1.68. The average molecular weight is 324 g/mol. The van der Waals surface area contributed by atoms with E-state index in [4.69, 9.17) is 4.84 Å². The highest BCUT2D eigenvalue weighted by atomic mass is 16.6. The minimum Gasteiger partial charge on any atom is -0.394 e. The van der Waals surface area contributed by atoms with E-state index >= 15 is 0 Å². The Bertz CT molecular complexity index is 726. The van der Waals surface area contributed by atoms with Crippen molar-refractivity contribution < 1.29 is 4.84 Å². The van der Waals surface area contributed by atoms with Gasteiger partial charge in [-0.2, -0.15) is 0 Å². The van der Waals surface area contributed by atoms with Crippen molar-refractivity contribution >= 4 is 16.5 Å². The Morgan fingerprint density at radius 1 is 1.00 bits per heavy atom. The topological polar surface area (TPSA) is 24.8 Å². The van der Waals surface area contributed by atoms with Crippen molar-refractivity contribution in [3.8, 4) is 0 Å². The van der Waals surface area contributed by atoms with E-state index < -0.39 is 0 Å². The molecule has 0 unspecified atom stereocenters. The van der Waals surface area contributed by atoms with Gasteiger partial charge in [-0.15, -0.1) is 0 Å². The largest absolute Gasteiger partial charge is 0.394 e. The van der Waals surface area contributed by atoms with Gasteiger partial charge in [-0.3, -0.25) is 4.90 Å². The molecular weight excluding hydrogens is 296 g/mol. The van der Waals surface area contributed by atoms with Crippen LogP contribution in [0.15, 0.2) is 41.6 Å². The number of hydrogen-bond donors (Lipinski definition) is 0. The zero-order valence-corrected chi connectivity index (χ0v) is 15.2. The fraction of sp³-hybridized carbons (Fsp3) is 0.476. The maximum atomic E-state index is 5.66. The molecule has 3 heteroatoms. The lowest BCUT2D eigenvalue weighted by molar-refractivity contribution is 0.0827. The lowest BCUT2D eigenvalue weighted by Crippen LogP contribution is -2.39. The van der Waals surface area contributed by atoms with E-state index in [0.717, 1.165) is 25.1 Å². The van der Waals surface area contributed by atoms with Gasteiger partial charge in [0, 0.05) is 24.2 Å². The molecule has 1 aliphatic rings. The SMILES string of the molecule is CC(C)N(CCO/N=C1\CCc2c1ccc1ccccc21)C(C)C. The molecule has 0 saturated heterocycles. The van der Waals surface area contributed by atoms with Gasteiger partial charge < -0.3 is 4.84 Å². The molecular formula is C21H28N2O. The van der Waals surface area contributed by atoms with Crippen molar-refractivity contribution in [3.63, 3.8) is 0 Å². The van der Waals surface area contributed by atoms with E-state index in [-0.39, 0.29) is 0 Å². The molecule has 1 aliphatic carbocycles. The molecule has 0 atom stereocenters. The summed E-state index contributed by atoms with van der Waals surface area (Å²) in [7, 11) is 0. The summed E-state index contributed by atoms with van der Waals surface area (Å²) in [5.41, 5.74) is 3.77. The fourth-order valence-corrected chi connectivity index (χ4v) is 3.73. The molecule has 0 bridgehead atoms. The highest BCUT2D eigenvalue weighted by Gasteiger charge is 2.20. The molecule has 0 radical (unpaired) electrons. The molecule has 3 rings (SSSR count). The molecule has 0 aromatic heterocycles. The second kappa shape index (κ2) is 7.35. The fourth-order valence-electron chi connectivity index (χ4n) is 3.73. The van der Waals surface area contributed by atoms with Crippen LogP contribution < -0.4 is 0 Å². The van der Waals surface area contributed by atoms with Gasteiger partial charge in [0.05, 0.1) is 5.71 Å². The van der Waals surface area contributed by atoms with Gasteiger partial charge in [-0.1, -0.05) is 41.6 Å². The lowest BCUT2D eigenvalue weighted by Gasteiger charge is -2.29. The predicted octanol–water partition coefficient (Wildman–Crippen LogP) is 4.63. The zero-order chi connectivity index (χ0) is 17.1. The van der Waals surface area contributed by atoms with Gasteiger partial charge >= 0.3 is 0 Å². The van der Waals surface area contributed by atoms with Crippen molar-refractivity contribution in [2.45, 2.75) is 52.6 Å². The minimum atomic E-state index is 0.528. The molecule has 2 aromatic carbocycles. The van der Waals surface area contributed by atoms with Gasteiger partial charge in [0.25, 0.3) is 0 Å². The van der Waals surface area contributed by atoms with Gasteiger partial charge in [-0.25, -0.2) is 0 Å². The highest BCUT2D eigenvalue weighted by molar-refractivity contribution is 6.08. The molecule has 0 N–H and O–H groups in total. The normalized spacial score (nSPS) is 15.9. The van der Waals surface area contributed by atoms with Crippen LogP contribution in [0.1, 0.15) is 45.2 Å². The zero-order valence-electron chi connectivity index (χ0n) is 15.2. The Morgan fingerprint density at radius 3 is 2.50 bits per heavy atom. The molecule has 0 heterocycles. The van der Waals surface area contributed by atoms with Gasteiger partial charge in [0.15, 0.2) is 0 Å². The number of benzene rings is 2. The third-order valence-electron chi connectivity index (χ3n) is 4.91.